The standard InChI is InChI=1S/C9H20N2/c1-2-5-10-7-9-4-3-6-11-8-9/h9-11H,2-8H2,1H3. The molecule has 0 aliphatic carbocycles. The van der Waals surface area contributed by atoms with Crippen LogP contribution >= 0.6 is 0 Å². The predicted molar refractivity (Wildman–Crippen MR) is 48.8 cm³/mol. The maximum Gasteiger partial charge on any atom is -0.000837 e. The first-order valence-electron chi connectivity index (χ1n) is 4.85. The van der Waals surface area contributed by atoms with Crippen LogP contribution in [0.2, 0.25) is 0 Å². The Morgan fingerprint density at radius 3 is 3.09 bits per heavy atom. The van der Waals surface area contributed by atoms with Crippen LogP contribution in [0.1, 0.15) is 26.2 Å². The molecule has 2 heteroatoms. The summed E-state index contributed by atoms with van der Waals surface area (Å²) in [6.45, 7) is 7.05. The summed E-state index contributed by atoms with van der Waals surface area (Å²) >= 11 is 0. The Kier molecular flexibility index (Phi) is 4.55. The minimum atomic E-state index is 0.885. The molecule has 2 nitrogen and oxygen atoms in total. The van der Waals surface area contributed by atoms with Crippen molar-refractivity contribution >= 4 is 0 Å². The van der Waals surface area contributed by atoms with Crippen molar-refractivity contribution in [2.45, 2.75) is 26.2 Å². The molecule has 2 N–H and O–H groups in total. The van der Waals surface area contributed by atoms with E-state index in [0.717, 1.165) is 5.92 Å². The Morgan fingerprint density at radius 1 is 1.55 bits per heavy atom. The summed E-state index contributed by atoms with van der Waals surface area (Å²) in [5, 5.41) is 6.89. The molecule has 1 heterocycles. The van der Waals surface area contributed by atoms with E-state index in [4.69, 9.17) is 0 Å². The summed E-state index contributed by atoms with van der Waals surface area (Å²) in [6.07, 6.45) is 4.02. The van der Waals surface area contributed by atoms with E-state index >= 15 is 0 Å². The van der Waals surface area contributed by atoms with E-state index in [1.165, 1.54) is 45.4 Å². The summed E-state index contributed by atoms with van der Waals surface area (Å²) in [4.78, 5) is 0. The highest BCUT2D eigenvalue weighted by molar-refractivity contribution is 4.70. The van der Waals surface area contributed by atoms with Crippen LogP contribution in [-0.4, -0.2) is 26.2 Å². The molecule has 0 spiro atoms. The first-order valence-corrected chi connectivity index (χ1v) is 4.85. The molecule has 11 heavy (non-hydrogen) atoms. The highest BCUT2D eigenvalue weighted by Gasteiger charge is 2.11. The molecule has 0 radical (unpaired) electrons. The highest BCUT2D eigenvalue weighted by atomic mass is 14.9. The Morgan fingerprint density at radius 2 is 2.45 bits per heavy atom. The molecule has 1 saturated heterocycles. The van der Waals surface area contributed by atoms with Crippen LogP contribution in [0.15, 0.2) is 0 Å². The molecule has 1 aliphatic rings. The monoisotopic (exact) mass is 156 g/mol. The number of hydrogen-bond acceptors (Lipinski definition) is 2. The van der Waals surface area contributed by atoms with Gasteiger partial charge in [0.15, 0.2) is 0 Å². The van der Waals surface area contributed by atoms with Crippen molar-refractivity contribution in [3.8, 4) is 0 Å². The molecule has 1 aliphatic heterocycles. The third-order valence-electron chi connectivity index (χ3n) is 2.26. The van der Waals surface area contributed by atoms with Crippen molar-refractivity contribution < 1.29 is 0 Å². The maximum absolute atomic E-state index is 3.46. The zero-order valence-electron chi connectivity index (χ0n) is 7.53. The summed E-state index contributed by atoms with van der Waals surface area (Å²) in [5.41, 5.74) is 0. The highest BCUT2D eigenvalue weighted by Crippen LogP contribution is 2.07. The van der Waals surface area contributed by atoms with Gasteiger partial charge in [0.25, 0.3) is 0 Å². The van der Waals surface area contributed by atoms with Gasteiger partial charge in [-0.2, -0.15) is 0 Å². The lowest BCUT2D eigenvalue weighted by Gasteiger charge is -2.22. The molecule has 0 bridgehead atoms. The molecular weight excluding hydrogens is 136 g/mol. The average molecular weight is 156 g/mol. The third-order valence-corrected chi connectivity index (χ3v) is 2.26. The first kappa shape index (κ1) is 9.01. The van der Waals surface area contributed by atoms with Gasteiger partial charge in [-0.1, -0.05) is 6.92 Å². The Balaban J connectivity index is 1.96. The summed E-state index contributed by atoms with van der Waals surface area (Å²) in [5.74, 6) is 0.885. The summed E-state index contributed by atoms with van der Waals surface area (Å²) in [7, 11) is 0. The molecule has 0 amide bonds. The smallest absolute Gasteiger partial charge is 0.000837 e. The van der Waals surface area contributed by atoms with E-state index in [9.17, 15) is 0 Å². The van der Waals surface area contributed by atoms with Crippen LogP contribution in [0, 0.1) is 5.92 Å². The van der Waals surface area contributed by atoms with E-state index in [0.29, 0.717) is 0 Å². The number of rotatable bonds is 4. The summed E-state index contributed by atoms with van der Waals surface area (Å²) in [6, 6.07) is 0. The predicted octanol–water partition coefficient (Wildman–Crippen LogP) is 0.986. The number of piperidine rings is 1. The minimum absolute atomic E-state index is 0.885. The normalized spacial score (nSPS) is 25.4. The van der Waals surface area contributed by atoms with Gasteiger partial charge >= 0.3 is 0 Å². The van der Waals surface area contributed by atoms with E-state index in [-0.39, 0.29) is 0 Å². The number of nitrogens with one attached hydrogen (secondary N) is 2. The molecule has 66 valence electrons. The van der Waals surface area contributed by atoms with Crippen molar-refractivity contribution in [2.24, 2.45) is 5.92 Å². The van der Waals surface area contributed by atoms with Crippen molar-refractivity contribution in [1.82, 2.24) is 10.6 Å². The van der Waals surface area contributed by atoms with Crippen LogP contribution in [0.3, 0.4) is 0 Å². The van der Waals surface area contributed by atoms with Gasteiger partial charge < -0.3 is 10.6 Å². The second-order valence-corrected chi connectivity index (χ2v) is 3.42. The van der Waals surface area contributed by atoms with E-state index < -0.39 is 0 Å². The zero-order chi connectivity index (χ0) is 7.94. The molecule has 0 saturated carbocycles. The van der Waals surface area contributed by atoms with E-state index in [1.807, 2.05) is 0 Å². The van der Waals surface area contributed by atoms with Gasteiger partial charge in [-0.15, -0.1) is 0 Å². The van der Waals surface area contributed by atoms with Crippen molar-refractivity contribution in [3.05, 3.63) is 0 Å². The fraction of sp³-hybridized carbons (Fsp3) is 1.00. The fourth-order valence-electron chi connectivity index (χ4n) is 1.58. The molecule has 0 aromatic heterocycles. The number of hydrogen-bond donors (Lipinski definition) is 2. The molecule has 1 atom stereocenters. The lowest BCUT2D eigenvalue weighted by Crippen LogP contribution is -2.36. The maximum atomic E-state index is 3.46. The lowest BCUT2D eigenvalue weighted by molar-refractivity contribution is 0.361. The van der Waals surface area contributed by atoms with E-state index in [2.05, 4.69) is 17.6 Å². The fourth-order valence-corrected chi connectivity index (χ4v) is 1.58. The third kappa shape index (κ3) is 3.73. The minimum Gasteiger partial charge on any atom is -0.316 e. The van der Waals surface area contributed by atoms with Crippen molar-refractivity contribution in [2.75, 3.05) is 26.2 Å². The molecule has 0 aromatic carbocycles. The van der Waals surface area contributed by atoms with Gasteiger partial charge in [0, 0.05) is 0 Å². The van der Waals surface area contributed by atoms with Gasteiger partial charge in [-0.05, 0) is 51.4 Å². The molecule has 1 fully saturated rings. The molecular formula is C9H20N2. The molecule has 1 unspecified atom stereocenters. The molecule has 0 aromatic rings. The van der Waals surface area contributed by atoms with Gasteiger partial charge in [-0.25, -0.2) is 0 Å². The molecule has 1 rings (SSSR count). The van der Waals surface area contributed by atoms with Crippen LogP contribution in [0.5, 0.6) is 0 Å². The Bertz CT molecular complexity index is 87.6. The van der Waals surface area contributed by atoms with Gasteiger partial charge in [-0.3, -0.25) is 0 Å². The summed E-state index contributed by atoms with van der Waals surface area (Å²) < 4.78 is 0. The lowest BCUT2D eigenvalue weighted by atomic mass is 10.00. The van der Waals surface area contributed by atoms with Crippen molar-refractivity contribution in [3.63, 3.8) is 0 Å². The van der Waals surface area contributed by atoms with Crippen molar-refractivity contribution in [1.29, 1.82) is 0 Å². The zero-order valence-corrected chi connectivity index (χ0v) is 7.53. The van der Waals surface area contributed by atoms with Gasteiger partial charge in [0.2, 0.25) is 0 Å². The van der Waals surface area contributed by atoms with Crippen LogP contribution < -0.4 is 10.6 Å². The second kappa shape index (κ2) is 5.56. The topological polar surface area (TPSA) is 24.1 Å². The van der Waals surface area contributed by atoms with E-state index in [1.54, 1.807) is 0 Å². The average Bonchev–Trinajstić information content (AvgIpc) is 2.07. The van der Waals surface area contributed by atoms with Crippen LogP contribution in [0.4, 0.5) is 0 Å². The Hall–Kier alpha value is -0.0800. The largest absolute Gasteiger partial charge is 0.316 e. The SMILES string of the molecule is CCCNCC1CCCNC1. The Labute approximate surface area is 69.8 Å². The first-order chi connectivity index (χ1) is 5.43. The van der Waals surface area contributed by atoms with Gasteiger partial charge in [0.1, 0.15) is 0 Å². The quantitative estimate of drug-likeness (QED) is 0.593. The second-order valence-electron chi connectivity index (χ2n) is 3.42. The van der Waals surface area contributed by atoms with Crippen LogP contribution in [-0.2, 0) is 0 Å². The van der Waals surface area contributed by atoms with Crippen LogP contribution in [0.25, 0.3) is 0 Å². The van der Waals surface area contributed by atoms with Gasteiger partial charge in [0.05, 0.1) is 0 Å².